The van der Waals surface area contributed by atoms with E-state index < -0.39 is 17.6 Å². The van der Waals surface area contributed by atoms with Gasteiger partial charge in [0.25, 0.3) is 11.5 Å². The number of nitrogens with zero attached hydrogens (tertiary/aromatic N) is 3. The molecule has 2 heterocycles. The first-order valence-electron chi connectivity index (χ1n) is 11.2. The number of halogens is 4. The molecule has 1 amide bonds. The van der Waals surface area contributed by atoms with Gasteiger partial charge in [0.2, 0.25) is 0 Å². The zero-order chi connectivity index (χ0) is 26.2. The van der Waals surface area contributed by atoms with Crippen LogP contribution in [-0.4, -0.2) is 27.4 Å². The number of fused-ring (bicyclic) bond motifs is 3. The molecule has 0 atom stereocenters. The minimum atomic E-state index is -4.42. The fourth-order valence-corrected chi connectivity index (χ4v) is 6.27. The van der Waals surface area contributed by atoms with Crippen LogP contribution in [0.3, 0.4) is 0 Å². The van der Waals surface area contributed by atoms with Gasteiger partial charge in [-0.2, -0.15) is 18.3 Å². The number of amides is 1. The average Bonchev–Trinajstić information content (AvgIpc) is 3.44. The van der Waals surface area contributed by atoms with Gasteiger partial charge in [0.15, 0.2) is 5.16 Å². The van der Waals surface area contributed by atoms with E-state index in [0.717, 1.165) is 48.7 Å². The highest BCUT2D eigenvalue weighted by Crippen LogP contribution is 2.36. The van der Waals surface area contributed by atoms with Crippen LogP contribution in [0.4, 0.5) is 13.2 Å². The number of thioether (sulfide) groups is 1. The molecule has 6 nitrogen and oxygen atoms in total. The van der Waals surface area contributed by atoms with Crippen molar-refractivity contribution in [2.75, 3.05) is 5.75 Å². The number of alkyl halides is 3. The van der Waals surface area contributed by atoms with Crippen LogP contribution in [0.15, 0.2) is 63.6 Å². The van der Waals surface area contributed by atoms with E-state index in [2.05, 4.69) is 10.5 Å². The third-order valence-corrected chi connectivity index (χ3v) is 8.14. The van der Waals surface area contributed by atoms with Gasteiger partial charge in [0.05, 0.1) is 28.6 Å². The number of benzene rings is 2. The number of hydrogen-bond acceptors (Lipinski definition) is 6. The van der Waals surface area contributed by atoms with Crippen molar-refractivity contribution in [3.63, 3.8) is 0 Å². The van der Waals surface area contributed by atoms with E-state index in [0.29, 0.717) is 31.6 Å². The number of carbonyl (C=O) groups is 1. The molecule has 0 aliphatic heterocycles. The molecule has 37 heavy (non-hydrogen) atoms. The molecule has 0 fully saturated rings. The lowest BCUT2D eigenvalue weighted by Gasteiger charge is -2.12. The van der Waals surface area contributed by atoms with Crippen LogP contribution in [0.5, 0.6) is 0 Å². The summed E-state index contributed by atoms with van der Waals surface area (Å²) < 4.78 is 39.5. The van der Waals surface area contributed by atoms with Crippen LogP contribution < -0.4 is 11.0 Å². The van der Waals surface area contributed by atoms with E-state index in [4.69, 9.17) is 16.6 Å². The molecule has 0 radical (unpaired) electrons. The number of thiophene rings is 1. The Morgan fingerprint density at radius 2 is 1.89 bits per heavy atom. The van der Waals surface area contributed by atoms with Gasteiger partial charge < -0.3 is 0 Å². The van der Waals surface area contributed by atoms with E-state index in [1.165, 1.54) is 39.1 Å². The average molecular weight is 563 g/mol. The summed E-state index contributed by atoms with van der Waals surface area (Å²) >= 11 is 8.64. The van der Waals surface area contributed by atoms with Gasteiger partial charge in [-0.25, -0.2) is 10.4 Å². The lowest BCUT2D eigenvalue weighted by atomic mass is 10.1. The summed E-state index contributed by atoms with van der Waals surface area (Å²) in [6.07, 6.45) is -0.378. The van der Waals surface area contributed by atoms with Crippen molar-refractivity contribution in [2.24, 2.45) is 5.10 Å². The SMILES string of the molecule is O=C(CSc1nc2sc3c(c2c(=O)n1-c1ccc(Cl)cc1)CCC3)NN=Cc1ccc(C(F)(F)F)cc1. The van der Waals surface area contributed by atoms with Gasteiger partial charge in [-0.15, -0.1) is 11.3 Å². The molecule has 190 valence electrons. The standard InChI is InChI=1S/C25H18ClF3N4O2S2/c26-16-8-10-17(11-9-16)33-23(35)21-18-2-1-3-19(18)37-22(21)31-24(33)36-13-20(34)32-30-12-14-4-6-15(7-5-14)25(27,28)29/h4-12H,1-3,13H2,(H,32,34). The number of aryl methyl sites for hydroxylation is 2. The van der Waals surface area contributed by atoms with Crippen molar-refractivity contribution in [2.45, 2.75) is 30.6 Å². The molecule has 0 bridgehead atoms. The first kappa shape index (κ1) is 25.5. The zero-order valence-electron chi connectivity index (χ0n) is 19.0. The van der Waals surface area contributed by atoms with Crippen molar-refractivity contribution in [3.8, 4) is 5.69 Å². The summed E-state index contributed by atoms with van der Waals surface area (Å²) in [5.74, 6) is -0.542. The molecule has 2 aromatic heterocycles. The summed E-state index contributed by atoms with van der Waals surface area (Å²) in [5, 5.41) is 5.34. The Hall–Kier alpha value is -3.15. The second kappa shape index (κ2) is 10.3. The zero-order valence-corrected chi connectivity index (χ0v) is 21.4. The summed E-state index contributed by atoms with van der Waals surface area (Å²) in [4.78, 5) is 32.6. The number of nitrogens with one attached hydrogen (secondary N) is 1. The van der Waals surface area contributed by atoms with Crippen LogP contribution >= 0.6 is 34.7 Å². The minimum absolute atomic E-state index is 0.0824. The first-order valence-corrected chi connectivity index (χ1v) is 13.3. The highest BCUT2D eigenvalue weighted by molar-refractivity contribution is 7.99. The largest absolute Gasteiger partial charge is 0.416 e. The third kappa shape index (κ3) is 5.43. The second-order valence-corrected chi connectivity index (χ2v) is 10.7. The summed E-state index contributed by atoms with van der Waals surface area (Å²) in [6.45, 7) is 0. The van der Waals surface area contributed by atoms with Crippen LogP contribution in [0.25, 0.3) is 15.9 Å². The highest BCUT2D eigenvalue weighted by atomic mass is 35.5. The third-order valence-electron chi connectivity index (χ3n) is 5.77. The van der Waals surface area contributed by atoms with Crippen molar-refractivity contribution in [1.82, 2.24) is 15.0 Å². The number of hydrazone groups is 1. The number of carbonyl (C=O) groups excluding carboxylic acids is 1. The predicted octanol–water partition coefficient (Wildman–Crippen LogP) is 5.85. The molecule has 12 heteroatoms. The maximum absolute atomic E-state index is 13.6. The van der Waals surface area contributed by atoms with Crippen molar-refractivity contribution >= 4 is 57.0 Å². The quantitative estimate of drug-likeness (QED) is 0.138. The Labute approximate surface area is 222 Å². The molecule has 1 aliphatic carbocycles. The molecule has 1 aliphatic rings. The van der Waals surface area contributed by atoms with Gasteiger partial charge in [0, 0.05) is 9.90 Å². The molecule has 0 saturated heterocycles. The Morgan fingerprint density at radius 3 is 2.59 bits per heavy atom. The van der Waals surface area contributed by atoms with Crippen LogP contribution in [0, 0.1) is 0 Å². The van der Waals surface area contributed by atoms with E-state index >= 15 is 0 Å². The van der Waals surface area contributed by atoms with Crippen LogP contribution in [-0.2, 0) is 23.8 Å². The fourth-order valence-electron chi connectivity index (χ4n) is 4.04. The highest BCUT2D eigenvalue weighted by Gasteiger charge is 2.30. The minimum Gasteiger partial charge on any atom is -0.272 e. The summed E-state index contributed by atoms with van der Waals surface area (Å²) in [6, 6.07) is 11.2. The summed E-state index contributed by atoms with van der Waals surface area (Å²) in [7, 11) is 0. The topological polar surface area (TPSA) is 76.3 Å². The second-order valence-electron chi connectivity index (χ2n) is 8.25. The Morgan fingerprint density at radius 1 is 1.16 bits per heavy atom. The molecule has 2 aromatic carbocycles. The lowest BCUT2D eigenvalue weighted by Crippen LogP contribution is -2.24. The van der Waals surface area contributed by atoms with Gasteiger partial charge in [-0.3, -0.25) is 14.2 Å². The van der Waals surface area contributed by atoms with Crippen LogP contribution in [0.1, 0.15) is 28.0 Å². The normalized spacial score (nSPS) is 13.4. The first-order chi connectivity index (χ1) is 17.7. The Kier molecular flexibility index (Phi) is 7.11. The van der Waals surface area contributed by atoms with Crippen molar-refractivity contribution in [1.29, 1.82) is 0 Å². The molecule has 0 unspecified atom stereocenters. The van der Waals surface area contributed by atoms with E-state index in [9.17, 15) is 22.8 Å². The molecule has 0 saturated carbocycles. The monoisotopic (exact) mass is 562 g/mol. The number of aromatic nitrogens is 2. The van der Waals surface area contributed by atoms with Crippen molar-refractivity contribution < 1.29 is 18.0 Å². The maximum Gasteiger partial charge on any atom is 0.416 e. The molecular formula is C25H18ClF3N4O2S2. The number of hydrogen-bond donors (Lipinski definition) is 1. The molecule has 1 N–H and O–H groups in total. The molecule has 5 rings (SSSR count). The van der Waals surface area contributed by atoms with E-state index in [1.54, 1.807) is 24.3 Å². The van der Waals surface area contributed by atoms with Gasteiger partial charge in [0.1, 0.15) is 4.83 Å². The maximum atomic E-state index is 13.6. The predicted molar refractivity (Wildman–Crippen MR) is 140 cm³/mol. The Bertz CT molecular complexity index is 1560. The smallest absolute Gasteiger partial charge is 0.272 e. The van der Waals surface area contributed by atoms with E-state index in [1.807, 2.05) is 0 Å². The van der Waals surface area contributed by atoms with Gasteiger partial charge in [-0.05, 0) is 66.8 Å². The van der Waals surface area contributed by atoms with Crippen molar-refractivity contribution in [3.05, 3.63) is 85.5 Å². The molecule has 4 aromatic rings. The molecule has 0 spiro atoms. The number of rotatable bonds is 6. The molecular weight excluding hydrogens is 545 g/mol. The van der Waals surface area contributed by atoms with Gasteiger partial charge >= 0.3 is 6.18 Å². The lowest BCUT2D eigenvalue weighted by molar-refractivity contribution is -0.137. The van der Waals surface area contributed by atoms with Gasteiger partial charge in [-0.1, -0.05) is 35.5 Å². The Balaban J connectivity index is 1.35. The summed E-state index contributed by atoms with van der Waals surface area (Å²) in [5.41, 5.74) is 3.45. The van der Waals surface area contributed by atoms with E-state index in [-0.39, 0.29) is 11.3 Å². The van der Waals surface area contributed by atoms with Crippen LogP contribution in [0.2, 0.25) is 5.02 Å². The fraction of sp³-hybridized carbons (Fsp3) is 0.200.